The van der Waals surface area contributed by atoms with Crippen molar-refractivity contribution in [3.63, 3.8) is 0 Å². The van der Waals surface area contributed by atoms with Crippen molar-refractivity contribution in [3.8, 4) is 17.6 Å². The van der Waals surface area contributed by atoms with Gasteiger partial charge in [0.2, 0.25) is 0 Å². The third-order valence-corrected chi connectivity index (χ3v) is 4.69. The Labute approximate surface area is 169 Å². The van der Waals surface area contributed by atoms with Crippen molar-refractivity contribution in [1.82, 2.24) is 9.97 Å². The number of nitriles is 1. The van der Waals surface area contributed by atoms with Crippen LogP contribution in [0.15, 0.2) is 24.3 Å². The summed E-state index contributed by atoms with van der Waals surface area (Å²) in [6.45, 7) is 8.84. The van der Waals surface area contributed by atoms with Gasteiger partial charge in [-0.3, -0.25) is 0 Å². The van der Waals surface area contributed by atoms with Gasteiger partial charge in [0.15, 0.2) is 11.5 Å². The smallest absolute Gasteiger partial charge is 0.179 e. The molecule has 0 aliphatic carbocycles. The number of H-pyrrole nitrogens is 1. The van der Waals surface area contributed by atoms with Crippen LogP contribution in [0.25, 0.3) is 22.7 Å². The summed E-state index contributed by atoms with van der Waals surface area (Å²) in [6, 6.07) is 9.84. The molecular weight excluding hydrogens is 374 g/mol. The first-order chi connectivity index (χ1) is 13.5. The predicted molar refractivity (Wildman–Crippen MR) is 113 cm³/mol. The van der Waals surface area contributed by atoms with Crippen LogP contribution in [0, 0.1) is 25.2 Å². The number of halogens is 1. The number of imidazole rings is 1. The number of rotatable bonds is 6. The summed E-state index contributed by atoms with van der Waals surface area (Å²) in [7, 11) is 0. The Hall–Kier alpha value is -2.97. The highest BCUT2D eigenvalue weighted by atomic mass is 35.5. The molecule has 0 bridgehead atoms. The van der Waals surface area contributed by atoms with E-state index in [9.17, 15) is 5.26 Å². The molecule has 0 spiro atoms. The van der Waals surface area contributed by atoms with Crippen LogP contribution in [-0.2, 0) is 0 Å². The third kappa shape index (κ3) is 3.97. The molecular formula is C22H22ClN3O2. The molecule has 1 heterocycles. The molecule has 2 aromatic carbocycles. The molecule has 0 amide bonds. The van der Waals surface area contributed by atoms with E-state index in [1.54, 1.807) is 12.1 Å². The van der Waals surface area contributed by atoms with Gasteiger partial charge in [0.05, 0.1) is 34.8 Å². The minimum Gasteiger partial charge on any atom is -0.490 e. The molecule has 0 radical (unpaired) electrons. The largest absolute Gasteiger partial charge is 0.490 e. The molecule has 144 valence electrons. The number of aromatic nitrogens is 2. The van der Waals surface area contributed by atoms with Gasteiger partial charge in [0.25, 0.3) is 0 Å². The molecule has 0 unspecified atom stereocenters. The molecule has 0 saturated carbocycles. The molecule has 28 heavy (non-hydrogen) atoms. The van der Waals surface area contributed by atoms with Crippen LogP contribution >= 0.6 is 11.6 Å². The van der Waals surface area contributed by atoms with Crippen LogP contribution in [0.3, 0.4) is 0 Å². The monoisotopic (exact) mass is 395 g/mol. The van der Waals surface area contributed by atoms with Gasteiger partial charge in [-0.2, -0.15) is 5.26 Å². The summed E-state index contributed by atoms with van der Waals surface area (Å²) in [5, 5.41) is 10.1. The molecule has 1 aromatic heterocycles. The molecule has 0 aliphatic rings. The number of hydrogen-bond acceptors (Lipinski definition) is 4. The van der Waals surface area contributed by atoms with Crippen molar-refractivity contribution in [2.45, 2.75) is 27.7 Å². The number of hydrogen-bond donors (Lipinski definition) is 1. The third-order valence-electron chi connectivity index (χ3n) is 4.40. The number of ether oxygens (including phenoxy) is 2. The normalized spacial score (nSPS) is 11.5. The lowest BCUT2D eigenvalue weighted by atomic mass is 10.1. The molecule has 0 fully saturated rings. The minimum absolute atomic E-state index is 0.411. The lowest BCUT2D eigenvalue weighted by molar-refractivity contribution is 0.288. The van der Waals surface area contributed by atoms with E-state index in [0.29, 0.717) is 41.1 Å². The average Bonchev–Trinajstić information content (AvgIpc) is 3.05. The maximum absolute atomic E-state index is 9.69. The standard InChI is InChI=1S/C22H22ClN3O2/c1-5-27-20-11-15(10-17(23)21(20)28-6-2)9-16(12-24)22-25-18-7-13(3)14(4)8-19(18)26-22/h7-11H,5-6H2,1-4H3,(H,25,26)/b16-9+. The lowest BCUT2D eigenvalue weighted by Gasteiger charge is -2.13. The van der Waals surface area contributed by atoms with Gasteiger partial charge in [-0.15, -0.1) is 0 Å². The highest BCUT2D eigenvalue weighted by Gasteiger charge is 2.14. The SMILES string of the molecule is CCOc1cc(/C=C(\C#N)c2nc3cc(C)c(C)cc3[nH]2)cc(Cl)c1OCC. The Morgan fingerprint density at radius 3 is 2.54 bits per heavy atom. The van der Waals surface area contributed by atoms with E-state index in [1.807, 2.05) is 45.9 Å². The predicted octanol–water partition coefficient (Wildman–Crippen LogP) is 5.69. The van der Waals surface area contributed by atoms with Gasteiger partial charge in [-0.05, 0) is 74.7 Å². The number of nitrogens with one attached hydrogen (secondary N) is 1. The summed E-state index contributed by atoms with van der Waals surface area (Å²) in [5.74, 6) is 1.58. The van der Waals surface area contributed by atoms with Crippen LogP contribution < -0.4 is 9.47 Å². The van der Waals surface area contributed by atoms with Crippen LogP contribution in [0.4, 0.5) is 0 Å². The second-order valence-electron chi connectivity index (χ2n) is 6.40. The van der Waals surface area contributed by atoms with Gasteiger partial charge in [-0.1, -0.05) is 11.6 Å². The molecule has 1 N–H and O–H groups in total. The van der Waals surface area contributed by atoms with Gasteiger partial charge in [0.1, 0.15) is 11.9 Å². The van der Waals surface area contributed by atoms with Crippen molar-refractivity contribution >= 4 is 34.3 Å². The Morgan fingerprint density at radius 2 is 1.86 bits per heavy atom. The Bertz CT molecular complexity index is 1050. The fourth-order valence-corrected chi connectivity index (χ4v) is 3.21. The quantitative estimate of drug-likeness (QED) is 0.544. The van der Waals surface area contributed by atoms with Gasteiger partial charge < -0.3 is 14.5 Å². The number of fused-ring (bicyclic) bond motifs is 1. The molecule has 3 aromatic rings. The summed E-state index contributed by atoms with van der Waals surface area (Å²) in [4.78, 5) is 7.81. The van der Waals surface area contributed by atoms with Crippen molar-refractivity contribution in [3.05, 3.63) is 51.8 Å². The van der Waals surface area contributed by atoms with Gasteiger partial charge in [-0.25, -0.2) is 4.98 Å². The van der Waals surface area contributed by atoms with Crippen molar-refractivity contribution in [2.24, 2.45) is 0 Å². The van der Waals surface area contributed by atoms with Crippen LogP contribution in [0.5, 0.6) is 11.5 Å². The Balaban J connectivity index is 2.06. The molecule has 5 nitrogen and oxygen atoms in total. The minimum atomic E-state index is 0.411. The first kappa shape index (κ1) is 19.8. The number of allylic oxidation sites excluding steroid dienone is 1. The summed E-state index contributed by atoms with van der Waals surface area (Å²) in [5.41, 5.74) is 5.21. The van der Waals surface area contributed by atoms with E-state index in [0.717, 1.165) is 22.2 Å². The maximum atomic E-state index is 9.69. The van der Waals surface area contributed by atoms with Crippen molar-refractivity contribution < 1.29 is 9.47 Å². The fourth-order valence-electron chi connectivity index (χ4n) is 2.94. The molecule has 3 rings (SSSR count). The second kappa shape index (κ2) is 8.37. The van der Waals surface area contributed by atoms with E-state index >= 15 is 0 Å². The Kier molecular flexibility index (Phi) is 5.91. The molecule has 0 saturated heterocycles. The zero-order valence-electron chi connectivity index (χ0n) is 16.4. The van der Waals surface area contributed by atoms with Crippen molar-refractivity contribution in [1.29, 1.82) is 5.26 Å². The van der Waals surface area contributed by atoms with Gasteiger partial charge >= 0.3 is 0 Å². The van der Waals surface area contributed by atoms with E-state index in [-0.39, 0.29) is 0 Å². The lowest BCUT2D eigenvalue weighted by Crippen LogP contribution is -1.99. The van der Waals surface area contributed by atoms with Gasteiger partial charge in [0, 0.05) is 0 Å². The zero-order valence-corrected chi connectivity index (χ0v) is 17.1. The average molecular weight is 396 g/mol. The topological polar surface area (TPSA) is 70.9 Å². The molecule has 6 heteroatoms. The van der Waals surface area contributed by atoms with E-state index in [2.05, 4.69) is 16.0 Å². The van der Waals surface area contributed by atoms with E-state index in [4.69, 9.17) is 21.1 Å². The summed E-state index contributed by atoms with van der Waals surface area (Å²) < 4.78 is 11.3. The van der Waals surface area contributed by atoms with E-state index < -0.39 is 0 Å². The van der Waals surface area contributed by atoms with E-state index in [1.165, 1.54) is 5.56 Å². The summed E-state index contributed by atoms with van der Waals surface area (Å²) in [6.07, 6.45) is 1.74. The number of benzene rings is 2. The van der Waals surface area contributed by atoms with Crippen LogP contribution in [0.2, 0.25) is 5.02 Å². The Morgan fingerprint density at radius 1 is 1.14 bits per heavy atom. The fraction of sp³-hybridized carbons (Fsp3) is 0.273. The first-order valence-corrected chi connectivity index (χ1v) is 9.52. The molecule has 0 atom stereocenters. The second-order valence-corrected chi connectivity index (χ2v) is 6.81. The zero-order chi connectivity index (χ0) is 20.3. The molecule has 0 aliphatic heterocycles. The first-order valence-electron chi connectivity index (χ1n) is 9.15. The van der Waals surface area contributed by atoms with Crippen LogP contribution in [-0.4, -0.2) is 23.2 Å². The number of aromatic amines is 1. The maximum Gasteiger partial charge on any atom is 0.179 e. The highest BCUT2D eigenvalue weighted by molar-refractivity contribution is 6.32. The highest BCUT2D eigenvalue weighted by Crippen LogP contribution is 2.37. The van der Waals surface area contributed by atoms with Crippen molar-refractivity contribution in [2.75, 3.05) is 13.2 Å². The van der Waals surface area contributed by atoms with Crippen LogP contribution in [0.1, 0.15) is 36.4 Å². The number of aryl methyl sites for hydroxylation is 2. The summed E-state index contributed by atoms with van der Waals surface area (Å²) >= 11 is 6.38. The number of nitrogens with zero attached hydrogens (tertiary/aromatic N) is 2.